The summed E-state index contributed by atoms with van der Waals surface area (Å²) in [5, 5.41) is 14.2. The molecule has 0 radical (unpaired) electrons. The lowest BCUT2D eigenvalue weighted by Crippen LogP contribution is -2.53. The number of benzene rings is 1. The van der Waals surface area contributed by atoms with Gasteiger partial charge in [-0.05, 0) is 63.0 Å². The highest BCUT2D eigenvalue weighted by Crippen LogP contribution is 2.34. The Bertz CT molecular complexity index is 873. The summed E-state index contributed by atoms with van der Waals surface area (Å²) in [6.07, 6.45) is 7.55. The minimum atomic E-state index is -0.129. The number of aryl methyl sites for hydroxylation is 1. The highest BCUT2D eigenvalue weighted by Gasteiger charge is 2.36. The van der Waals surface area contributed by atoms with Crippen LogP contribution in [0.5, 0.6) is 0 Å². The van der Waals surface area contributed by atoms with Crippen molar-refractivity contribution in [2.45, 2.75) is 64.5 Å². The van der Waals surface area contributed by atoms with E-state index in [0.29, 0.717) is 30.8 Å². The van der Waals surface area contributed by atoms with Crippen molar-refractivity contribution >= 4 is 22.5 Å². The summed E-state index contributed by atoms with van der Waals surface area (Å²) >= 11 is 0. The van der Waals surface area contributed by atoms with Gasteiger partial charge in [0.05, 0.1) is 18.2 Å². The Morgan fingerprint density at radius 1 is 1.23 bits per heavy atom. The number of hydrogen-bond donors (Lipinski definition) is 2. The molecule has 2 heterocycles. The van der Waals surface area contributed by atoms with Crippen LogP contribution in [0.1, 0.15) is 51.0 Å². The van der Waals surface area contributed by atoms with Crippen molar-refractivity contribution in [1.29, 1.82) is 0 Å². The van der Waals surface area contributed by atoms with Crippen LogP contribution in [0, 0.1) is 18.8 Å². The van der Waals surface area contributed by atoms with Crippen molar-refractivity contribution in [3.8, 4) is 0 Å². The number of aliphatic hydroxyl groups is 1. The number of rotatable bonds is 8. The van der Waals surface area contributed by atoms with E-state index in [9.17, 15) is 9.90 Å². The highest BCUT2D eigenvalue weighted by atomic mass is 16.3. The zero-order valence-electron chi connectivity index (χ0n) is 18.2. The van der Waals surface area contributed by atoms with Crippen molar-refractivity contribution in [3.63, 3.8) is 0 Å². The standard InChI is InChI=1S/C24H34N4O2/c1-3-23(30)18-5-7-19(8-6-18)28-13-17(14-28)11-20(29)12-25-24-21-10-16(2)4-9-22(21)26-15-27-24/h4,9-10,15,17-19,23,30H,3,5-8,11-14H2,1-2H3,(H,25,26,27). The number of hydrogen-bond acceptors (Lipinski definition) is 6. The Morgan fingerprint density at radius 2 is 2.00 bits per heavy atom. The fourth-order valence-corrected chi connectivity index (χ4v) is 5.11. The monoisotopic (exact) mass is 410 g/mol. The molecule has 6 heteroatoms. The minimum absolute atomic E-state index is 0.129. The van der Waals surface area contributed by atoms with Crippen LogP contribution in [0.3, 0.4) is 0 Å². The van der Waals surface area contributed by atoms with Gasteiger partial charge in [0, 0.05) is 30.9 Å². The molecule has 1 unspecified atom stereocenters. The Morgan fingerprint density at radius 3 is 2.73 bits per heavy atom. The fourth-order valence-electron chi connectivity index (χ4n) is 5.11. The van der Waals surface area contributed by atoms with E-state index in [1.807, 2.05) is 19.1 Å². The molecule has 1 atom stereocenters. The lowest BCUT2D eigenvalue weighted by molar-refractivity contribution is -0.120. The summed E-state index contributed by atoms with van der Waals surface area (Å²) in [5.41, 5.74) is 2.04. The maximum absolute atomic E-state index is 12.5. The minimum Gasteiger partial charge on any atom is -0.393 e. The van der Waals surface area contributed by atoms with Gasteiger partial charge in [-0.15, -0.1) is 0 Å². The third kappa shape index (κ3) is 4.81. The van der Waals surface area contributed by atoms with Gasteiger partial charge in [-0.2, -0.15) is 0 Å². The van der Waals surface area contributed by atoms with Gasteiger partial charge in [-0.3, -0.25) is 9.69 Å². The second-order valence-electron chi connectivity index (χ2n) is 9.20. The number of nitrogens with zero attached hydrogens (tertiary/aromatic N) is 3. The number of nitrogens with one attached hydrogen (secondary N) is 1. The summed E-state index contributed by atoms with van der Waals surface area (Å²) in [4.78, 5) is 23.7. The molecular weight excluding hydrogens is 376 g/mol. The molecule has 2 fully saturated rings. The first kappa shape index (κ1) is 21.2. The number of aliphatic hydroxyl groups excluding tert-OH is 1. The number of aromatic nitrogens is 2. The van der Waals surface area contributed by atoms with Gasteiger partial charge in [0.1, 0.15) is 12.1 Å². The van der Waals surface area contributed by atoms with Crippen LogP contribution in [-0.2, 0) is 4.79 Å². The molecule has 0 bridgehead atoms. The first-order valence-electron chi connectivity index (χ1n) is 11.4. The van der Waals surface area contributed by atoms with Gasteiger partial charge in [-0.25, -0.2) is 9.97 Å². The SMILES string of the molecule is CCC(O)C1CCC(N2CC(CC(=O)CNc3ncnc4ccc(C)cc34)C2)CC1. The number of Topliss-reactive ketones (excluding diaryl/α,β-unsaturated/α-hetero) is 1. The van der Waals surface area contributed by atoms with Gasteiger partial charge < -0.3 is 10.4 Å². The molecule has 1 saturated heterocycles. The van der Waals surface area contributed by atoms with Crippen LogP contribution in [-0.4, -0.2) is 57.5 Å². The maximum atomic E-state index is 12.5. The number of likely N-dealkylation sites (tertiary alicyclic amines) is 1. The second kappa shape index (κ2) is 9.40. The summed E-state index contributed by atoms with van der Waals surface area (Å²) in [5.74, 6) is 1.94. The van der Waals surface area contributed by atoms with Crippen LogP contribution < -0.4 is 5.32 Å². The predicted molar refractivity (Wildman–Crippen MR) is 119 cm³/mol. The predicted octanol–water partition coefficient (Wildman–Crippen LogP) is 3.57. The van der Waals surface area contributed by atoms with Gasteiger partial charge in [-0.1, -0.05) is 18.6 Å². The topological polar surface area (TPSA) is 78.4 Å². The van der Waals surface area contributed by atoms with Crippen LogP contribution in [0.15, 0.2) is 24.5 Å². The van der Waals surface area contributed by atoms with Crippen molar-refractivity contribution in [1.82, 2.24) is 14.9 Å². The average Bonchev–Trinajstić information content (AvgIpc) is 2.74. The molecule has 2 aliphatic rings. The van der Waals surface area contributed by atoms with Gasteiger partial charge in [0.2, 0.25) is 0 Å². The summed E-state index contributed by atoms with van der Waals surface area (Å²) in [6.45, 7) is 6.50. The molecule has 2 aromatic rings. The molecule has 6 nitrogen and oxygen atoms in total. The molecule has 1 aromatic carbocycles. The molecule has 1 aliphatic heterocycles. The summed E-state index contributed by atoms with van der Waals surface area (Å²) in [7, 11) is 0. The number of fused-ring (bicyclic) bond motifs is 1. The van der Waals surface area contributed by atoms with E-state index in [1.54, 1.807) is 6.33 Å². The Kier molecular flexibility index (Phi) is 6.64. The van der Waals surface area contributed by atoms with Gasteiger partial charge in [0.25, 0.3) is 0 Å². The summed E-state index contributed by atoms with van der Waals surface area (Å²) < 4.78 is 0. The fraction of sp³-hybridized carbons (Fsp3) is 0.625. The van der Waals surface area contributed by atoms with Crippen LogP contribution in [0.4, 0.5) is 5.82 Å². The van der Waals surface area contributed by atoms with Crippen LogP contribution in [0.25, 0.3) is 10.9 Å². The first-order valence-corrected chi connectivity index (χ1v) is 11.4. The van der Waals surface area contributed by atoms with E-state index < -0.39 is 0 Å². The number of carbonyl (C=O) groups is 1. The molecule has 0 spiro atoms. The second-order valence-corrected chi connectivity index (χ2v) is 9.20. The van der Waals surface area contributed by atoms with E-state index >= 15 is 0 Å². The van der Waals surface area contributed by atoms with Gasteiger partial charge >= 0.3 is 0 Å². The average molecular weight is 411 g/mol. The molecule has 2 N–H and O–H groups in total. The van der Waals surface area contributed by atoms with Crippen molar-refractivity contribution < 1.29 is 9.90 Å². The number of carbonyl (C=O) groups excluding carboxylic acids is 1. The Labute approximate surface area is 179 Å². The van der Waals surface area contributed by atoms with Crippen molar-refractivity contribution in [2.24, 2.45) is 11.8 Å². The molecule has 0 amide bonds. The van der Waals surface area contributed by atoms with E-state index in [2.05, 4.69) is 33.2 Å². The molecule has 1 aliphatic carbocycles. The number of anilines is 1. The Balaban J connectivity index is 1.20. The van der Waals surface area contributed by atoms with E-state index in [1.165, 1.54) is 12.8 Å². The third-order valence-corrected chi connectivity index (χ3v) is 6.97. The molecule has 1 saturated carbocycles. The Hall–Kier alpha value is -2.05. The lowest BCUT2D eigenvalue weighted by atomic mass is 9.79. The van der Waals surface area contributed by atoms with Crippen LogP contribution in [0.2, 0.25) is 0 Å². The van der Waals surface area contributed by atoms with Crippen molar-refractivity contribution in [2.75, 3.05) is 25.0 Å². The molecule has 4 rings (SSSR count). The highest BCUT2D eigenvalue weighted by molar-refractivity contribution is 5.91. The van der Waals surface area contributed by atoms with E-state index in [4.69, 9.17) is 0 Å². The molecule has 30 heavy (non-hydrogen) atoms. The summed E-state index contributed by atoms with van der Waals surface area (Å²) in [6, 6.07) is 6.72. The van der Waals surface area contributed by atoms with E-state index in [0.717, 1.165) is 54.6 Å². The lowest BCUT2D eigenvalue weighted by Gasteiger charge is -2.47. The van der Waals surface area contributed by atoms with Gasteiger partial charge in [0.15, 0.2) is 5.78 Å². The zero-order valence-corrected chi connectivity index (χ0v) is 18.2. The first-order chi connectivity index (χ1) is 14.5. The number of ketones is 1. The maximum Gasteiger partial charge on any atom is 0.152 e. The normalized spacial score (nSPS) is 23.8. The quantitative estimate of drug-likeness (QED) is 0.693. The van der Waals surface area contributed by atoms with E-state index in [-0.39, 0.29) is 11.9 Å². The molecule has 1 aromatic heterocycles. The molecular formula is C24H34N4O2. The third-order valence-electron chi connectivity index (χ3n) is 6.97. The molecule has 162 valence electrons. The van der Waals surface area contributed by atoms with Crippen LogP contribution >= 0.6 is 0 Å². The van der Waals surface area contributed by atoms with Crippen molar-refractivity contribution in [3.05, 3.63) is 30.1 Å². The zero-order chi connectivity index (χ0) is 21.1. The smallest absolute Gasteiger partial charge is 0.152 e. The largest absolute Gasteiger partial charge is 0.393 e.